The minimum atomic E-state index is -4.94. The van der Waals surface area contributed by atoms with E-state index in [1.165, 1.54) is 116 Å². The van der Waals surface area contributed by atoms with E-state index in [4.69, 9.17) is 37.0 Å². The number of aliphatic hydroxyl groups is 1. The molecule has 2 unspecified atom stereocenters. The lowest BCUT2D eigenvalue weighted by molar-refractivity contribution is -0.161. The number of aliphatic hydroxyl groups excluding tert-OH is 1. The summed E-state index contributed by atoms with van der Waals surface area (Å²) in [5.41, 5.74) is 0. The van der Waals surface area contributed by atoms with E-state index in [0.717, 1.165) is 102 Å². The van der Waals surface area contributed by atoms with Gasteiger partial charge in [-0.05, 0) is 43.4 Å². The summed E-state index contributed by atoms with van der Waals surface area (Å²) >= 11 is 0. The van der Waals surface area contributed by atoms with E-state index in [1.54, 1.807) is 0 Å². The molecular weight excluding hydrogens is 1090 g/mol. The second-order valence-electron chi connectivity index (χ2n) is 24.2. The van der Waals surface area contributed by atoms with Crippen LogP contribution in [0, 0.1) is 17.8 Å². The molecule has 0 aliphatic carbocycles. The summed E-state index contributed by atoms with van der Waals surface area (Å²) in [4.78, 5) is 72.1. The summed E-state index contributed by atoms with van der Waals surface area (Å²) in [7, 11) is -9.88. The highest BCUT2D eigenvalue weighted by Crippen LogP contribution is 2.45. The number of carbonyl (C=O) groups excluding carboxylic acids is 4. The van der Waals surface area contributed by atoms with Crippen molar-refractivity contribution in [3.63, 3.8) is 0 Å². The number of phosphoric ester groups is 2. The van der Waals surface area contributed by atoms with Crippen molar-refractivity contribution in [3.8, 4) is 0 Å². The normalized spacial score (nSPS) is 14.4. The van der Waals surface area contributed by atoms with Crippen LogP contribution >= 0.6 is 15.6 Å². The van der Waals surface area contributed by atoms with Crippen LogP contribution in [0.25, 0.3) is 0 Å². The van der Waals surface area contributed by atoms with Gasteiger partial charge in [0, 0.05) is 25.7 Å². The fraction of sp³-hybridized carbons (Fsp3) is 0.937. The zero-order chi connectivity index (χ0) is 61.0. The van der Waals surface area contributed by atoms with Gasteiger partial charge < -0.3 is 33.8 Å². The lowest BCUT2D eigenvalue weighted by Gasteiger charge is -2.21. The average molecular weight is 1210 g/mol. The number of hydrogen-bond donors (Lipinski definition) is 3. The molecule has 17 nitrogen and oxygen atoms in total. The van der Waals surface area contributed by atoms with Gasteiger partial charge in [0.25, 0.3) is 0 Å². The summed E-state index contributed by atoms with van der Waals surface area (Å²) in [6, 6.07) is 0. The van der Waals surface area contributed by atoms with E-state index >= 15 is 0 Å². The molecule has 0 bridgehead atoms. The number of hydrogen-bond acceptors (Lipinski definition) is 15. The van der Waals surface area contributed by atoms with Crippen LogP contribution in [0.5, 0.6) is 0 Å². The summed E-state index contributed by atoms with van der Waals surface area (Å²) in [6.07, 6.45) is 35.0. The largest absolute Gasteiger partial charge is 0.472 e. The van der Waals surface area contributed by atoms with E-state index in [9.17, 15) is 43.2 Å². The SMILES string of the molecule is CCCCCCCCCCCC(=O)OC[C@H](COP(=O)(O)OC[C@H](O)COP(=O)(O)OC[C@@H](COC(=O)CCCCCCCCCCCC(C)C)OC(=O)CCCCCCCCCCCC(C)C)OC(=O)CCCCCCCCC(C)C. The van der Waals surface area contributed by atoms with E-state index in [2.05, 4.69) is 48.5 Å². The third kappa shape index (κ3) is 57.2. The minimum absolute atomic E-state index is 0.102. The number of ether oxygens (including phenoxy) is 4. The first kappa shape index (κ1) is 80.1. The second-order valence-corrected chi connectivity index (χ2v) is 27.1. The van der Waals surface area contributed by atoms with Crippen molar-refractivity contribution in [2.24, 2.45) is 17.8 Å². The molecule has 0 aromatic carbocycles. The number of unbranched alkanes of at least 4 members (excludes halogenated alkanes) is 29. The highest BCUT2D eigenvalue weighted by atomic mass is 31.2. The van der Waals surface area contributed by atoms with Gasteiger partial charge in [-0.15, -0.1) is 0 Å². The monoisotopic (exact) mass is 1210 g/mol. The molecule has 0 saturated heterocycles. The first-order valence-corrected chi connectivity index (χ1v) is 35.8. The van der Waals surface area contributed by atoms with Crippen LogP contribution in [0.15, 0.2) is 0 Å². The maximum absolute atomic E-state index is 13.0. The molecular formula is C63H122O17P2. The highest BCUT2D eigenvalue weighted by Gasteiger charge is 2.30. The van der Waals surface area contributed by atoms with Crippen LogP contribution in [0.4, 0.5) is 0 Å². The number of rotatable bonds is 61. The van der Waals surface area contributed by atoms with Crippen molar-refractivity contribution in [3.05, 3.63) is 0 Å². The Bertz CT molecular complexity index is 1630. The maximum Gasteiger partial charge on any atom is 0.472 e. The molecule has 82 heavy (non-hydrogen) atoms. The van der Waals surface area contributed by atoms with Crippen LogP contribution in [0.3, 0.4) is 0 Å². The molecule has 0 radical (unpaired) electrons. The van der Waals surface area contributed by atoms with Gasteiger partial charge in [-0.25, -0.2) is 9.13 Å². The standard InChI is InChI=1S/C63H122O17P2/c1-8-9-10-11-12-15-22-30-37-44-60(65)73-51-59(80-63(68)47-40-33-26-25-29-36-43-56(6)7)53-78-82(71,72)76-49-57(64)48-75-81(69,70)77-52-58(79-62(67)46-39-32-24-19-14-17-21-28-35-42-55(4)5)50-74-61(66)45-38-31-23-18-13-16-20-27-34-41-54(2)3/h54-59,64H,8-53H2,1-7H3,(H,69,70)(H,71,72)/t57-,58-,59-/m1/s1. The second kappa shape index (κ2) is 54.5. The molecule has 3 N–H and O–H groups in total. The molecule has 486 valence electrons. The van der Waals surface area contributed by atoms with Gasteiger partial charge in [-0.3, -0.25) is 37.3 Å². The molecule has 5 atom stereocenters. The third-order valence-corrected chi connectivity index (χ3v) is 16.3. The van der Waals surface area contributed by atoms with Crippen molar-refractivity contribution in [1.29, 1.82) is 0 Å². The Balaban J connectivity index is 5.24. The van der Waals surface area contributed by atoms with Gasteiger partial charge in [0.15, 0.2) is 12.2 Å². The van der Waals surface area contributed by atoms with Crippen LogP contribution in [-0.4, -0.2) is 96.7 Å². The molecule has 0 amide bonds. The molecule has 0 spiro atoms. The lowest BCUT2D eigenvalue weighted by Crippen LogP contribution is -2.30. The van der Waals surface area contributed by atoms with Gasteiger partial charge in [0.1, 0.15) is 19.3 Å². The van der Waals surface area contributed by atoms with E-state index < -0.39 is 97.5 Å². The Hall–Kier alpha value is -1.94. The van der Waals surface area contributed by atoms with Crippen molar-refractivity contribution in [2.75, 3.05) is 39.6 Å². The third-order valence-electron chi connectivity index (χ3n) is 14.4. The van der Waals surface area contributed by atoms with E-state index in [-0.39, 0.29) is 25.7 Å². The molecule has 0 rings (SSSR count). The highest BCUT2D eigenvalue weighted by molar-refractivity contribution is 7.47. The quantitative estimate of drug-likeness (QED) is 0.0222. The molecule has 0 fully saturated rings. The Morgan fingerprint density at radius 1 is 0.329 bits per heavy atom. The van der Waals surface area contributed by atoms with Crippen molar-refractivity contribution < 1.29 is 80.2 Å². The fourth-order valence-electron chi connectivity index (χ4n) is 9.30. The van der Waals surface area contributed by atoms with Gasteiger partial charge >= 0.3 is 39.5 Å². The molecule has 0 aromatic heterocycles. The number of phosphoric acid groups is 2. The molecule has 0 aliphatic heterocycles. The van der Waals surface area contributed by atoms with Crippen LogP contribution in [0.1, 0.15) is 305 Å². The van der Waals surface area contributed by atoms with Crippen LogP contribution in [0.2, 0.25) is 0 Å². The summed E-state index contributed by atoms with van der Waals surface area (Å²) < 4.78 is 67.9. The predicted molar refractivity (Wildman–Crippen MR) is 326 cm³/mol. The molecule has 0 heterocycles. The molecule has 0 saturated carbocycles. The van der Waals surface area contributed by atoms with Crippen molar-refractivity contribution in [1.82, 2.24) is 0 Å². The fourth-order valence-corrected chi connectivity index (χ4v) is 10.9. The minimum Gasteiger partial charge on any atom is -0.462 e. The van der Waals surface area contributed by atoms with E-state index in [1.807, 2.05) is 0 Å². The van der Waals surface area contributed by atoms with Gasteiger partial charge in [-0.2, -0.15) is 0 Å². The zero-order valence-electron chi connectivity index (χ0n) is 52.9. The topological polar surface area (TPSA) is 237 Å². The Labute approximate surface area is 498 Å². The van der Waals surface area contributed by atoms with Crippen molar-refractivity contribution in [2.45, 2.75) is 324 Å². The zero-order valence-corrected chi connectivity index (χ0v) is 54.7. The Morgan fingerprint density at radius 3 is 0.829 bits per heavy atom. The lowest BCUT2D eigenvalue weighted by atomic mass is 10.0. The predicted octanol–water partition coefficient (Wildman–Crippen LogP) is 17.1. The Kier molecular flexibility index (Phi) is 53.2. The first-order chi connectivity index (χ1) is 39.2. The molecule has 0 aromatic rings. The molecule has 19 heteroatoms. The van der Waals surface area contributed by atoms with Gasteiger partial charge in [0.05, 0.1) is 26.4 Å². The van der Waals surface area contributed by atoms with Crippen LogP contribution < -0.4 is 0 Å². The Morgan fingerprint density at radius 2 is 0.561 bits per heavy atom. The smallest absolute Gasteiger partial charge is 0.462 e. The summed E-state index contributed by atoms with van der Waals surface area (Å²) in [5.74, 6) is 0.00745. The summed E-state index contributed by atoms with van der Waals surface area (Å²) in [6.45, 7) is 11.6. The first-order valence-electron chi connectivity index (χ1n) is 32.8. The van der Waals surface area contributed by atoms with Gasteiger partial charge in [-0.1, -0.05) is 254 Å². The van der Waals surface area contributed by atoms with Crippen molar-refractivity contribution >= 4 is 39.5 Å². The van der Waals surface area contributed by atoms with Gasteiger partial charge in [0.2, 0.25) is 0 Å². The molecule has 0 aliphatic rings. The van der Waals surface area contributed by atoms with Crippen LogP contribution in [-0.2, 0) is 65.4 Å². The number of carbonyl (C=O) groups is 4. The average Bonchev–Trinajstić information content (AvgIpc) is 3.44. The number of esters is 4. The van der Waals surface area contributed by atoms with E-state index in [0.29, 0.717) is 31.6 Å². The maximum atomic E-state index is 13.0. The summed E-state index contributed by atoms with van der Waals surface area (Å²) in [5, 5.41) is 10.5.